The molecule has 0 N–H and O–H groups in total. The molecule has 1 amide bonds. The molecule has 0 aliphatic carbocycles. The molecule has 2 aromatic rings. The third-order valence-corrected chi connectivity index (χ3v) is 4.05. The van der Waals surface area contributed by atoms with E-state index in [0.717, 1.165) is 16.7 Å². The highest BCUT2D eigenvalue weighted by molar-refractivity contribution is 5.77. The molecule has 2 aromatic carbocycles. The summed E-state index contributed by atoms with van der Waals surface area (Å²) in [5.74, 6) is 0. The first-order valence-electron chi connectivity index (χ1n) is 9.38. The Balaban J connectivity index is 2.60. The number of carbonyl (C=O) groups is 1. The maximum Gasteiger partial charge on any atom is 0.411 e. The average Bonchev–Trinajstić information content (AvgIpc) is 2.64. The molecule has 3 nitrogen and oxygen atoms in total. The van der Waals surface area contributed by atoms with Gasteiger partial charge in [0, 0.05) is 12.1 Å². The number of rotatable bonds is 5. The number of nitrogens with zero attached hydrogens (tertiary/aromatic N) is 1. The van der Waals surface area contributed by atoms with Crippen molar-refractivity contribution in [3.8, 4) is 0 Å². The van der Waals surface area contributed by atoms with Crippen LogP contribution >= 0.6 is 0 Å². The minimum Gasteiger partial charge on any atom is -0.444 e. The lowest BCUT2D eigenvalue weighted by Crippen LogP contribution is -2.39. The number of hydrogen-bond acceptors (Lipinski definition) is 2. The van der Waals surface area contributed by atoms with Gasteiger partial charge in [-0.3, -0.25) is 4.90 Å². The first kappa shape index (κ1) is 20.5. The van der Waals surface area contributed by atoms with Crippen LogP contribution in [-0.2, 0) is 4.74 Å². The zero-order valence-electron chi connectivity index (χ0n) is 16.9. The van der Waals surface area contributed by atoms with Gasteiger partial charge in [-0.2, -0.15) is 0 Å². The molecule has 0 heterocycles. The third kappa shape index (κ3) is 5.60. The second kappa shape index (κ2) is 9.25. The van der Waals surface area contributed by atoms with E-state index < -0.39 is 5.60 Å². The Morgan fingerprint density at radius 1 is 1.07 bits per heavy atom. The predicted molar refractivity (Wildman–Crippen MR) is 111 cm³/mol. The van der Waals surface area contributed by atoms with Crippen molar-refractivity contribution in [3.05, 3.63) is 83.6 Å². The van der Waals surface area contributed by atoms with Gasteiger partial charge in [-0.25, -0.2) is 4.79 Å². The second-order valence-corrected chi connectivity index (χ2v) is 7.29. The Kier molecular flexibility index (Phi) is 7.04. The van der Waals surface area contributed by atoms with E-state index in [-0.39, 0.29) is 12.1 Å². The van der Waals surface area contributed by atoms with Crippen molar-refractivity contribution in [1.29, 1.82) is 0 Å². The molecule has 0 spiro atoms. The number of amides is 1. The van der Waals surface area contributed by atoms with Crippen LogP contribution in [0.4, 0.5) is 4.79 Å². The fraction of sp³-hybridized carbons (Fsp3) is 0.333. The molecule has 0 aliphatic heterocycles. The number of carbonyl (C=O) groups excluding carboxylic acids is 1. The summed E-state index contributed by atoms with van der Waals surface area (Å²) in [6, 6.07) is 19.8. The van der Waals surface area contributed by atoms with Crippen molar-refractivity contribution in [2.45, 2.75) is 46.3 Å². The smallest absolute Gasteiger partial charge is 0.411 e. The second-order valence-electron chi connectivity index (χ2n) is 7.29. The molecule has 1 atom stereocenters. The molecule has 0 saturated carbocycles. The summed E-state index contributed by atoms with van der Waals surface area (Å²) >= 11 is 0. The summed E-state index contributed by atoms with van der Waals surface area (Å²) in [4.78, 5) is 14.8. The van der Waals surface area contributed by atoms with Crippen molar-refractivity contribution in [2.75, 3.05) is 6.54 Å². The van der Waals surface area contributed by atoms with E-state index in [1.807, 2.05) is 101 Å². The lowest BCUT2D eigenvalue weighted by atomic mass is 9.92. The van der Waals surface area contributed by atoms with E-state index in [9.17, 15) is 4.79 Å². The quantitative estimate of drug-likeness (QED) is 0.588. The fourth-order valence-electron chi connectivity index (χ4n) is 2.97. The lowest BCUT2D eigenvalue weighted by molar-refractivity contribution is 0.0216. The number of hydrogen-bond donors (Lipinski definition) is 0. The van der Waals surface area contributed by atoms with Crippen molar-refractivity contribution in [2.24, 2.45) is 0 Å². The summed E-state index contributed by atoms with van der Waals surface area (Å²) < 4.78 is 5.69. The van der Waals surface area contributed by atoms with Crippen LogP contribution in [0.25, 0.3) is 5.57 Å². The Bertz CT molecular complexity index is 797. The van der Waals surface area contributed by atoms with Crippen molar-refractivity contribution < 1.29 is 9.53 Å². The Morgan fingerprint density at radius 3 is 2.11 bits per heavy atom. The summed E-state index contributed by atoms with van der Waals surface area (Å²) in [5.41, 5.74) is 5.82. The first-order valence-corrected chi connectivity index (χ1v) is 9.38. The van der Waals surface area contributed by atoms with Gasteiger partial charge >= 0.3 is 6.09 Å². The molecule has 0 bridgehead atoms. The highest BCUT2D eigenvalue weighted by atomic mass is 16.6. The standard InChI is InChI=1S/C24H29NO2/c1-6-14-21(19-15-10-8-11-16-19)22(20-17-12-9-13-18-20)25(7-2)23(26)27-24(3,4)5/h6,8-13,15-18,22H,7H2,1-5H3. The van der Waals surface area contributed by atoms with Gasteiger partial charge in [0.05, 0.1) is 6.04 Å². The van der Waals surface area contributed by atoms with Crippen molar-refractivity contribution in [1.82, 2.24) is 4.90 Å². The van der Waals surface area contributed by atoms with Crippen LogP contribution < -0.4 is 0 Å². The van der Waals surface area contributed by atoms with Gasteiger partial charge in [-0.1, -0.05) is 60.7 Å². The molecular formula is C24H29NO2. The van der Waals surface area contributed by atoms with Gasteiger partial charge in [-0.15, -0.1) is 5.73 Å². The van der Waals surface area contributed by atoms with Crippen molar-refractivity contribution in [3.63, 3.8) is 0 Å². The largest absolute Gasteiger partial charge is 0.444 e. The van der Waals surface area contributed by atoms with Crippen LogP contribution in [0.5, 0.6) is 0 Å². The van der Waals surface area contributed by atoms with Crippen LogP contribution in [-0.4, -0.2) is 23.1 Å². The normalized spacial score (nSPS) is 11.9. The zero-order valence-corrected chi connectivity index (χ0v) is 16.9. The van der Waals surface area contributed by atoms with Crippen LogP contribution in [0, 0.1) is 0 Å². The number of ether oxygens (including phenoxy) is 1. The fourth-order valence-corrected chi connectivity index (χ4v) is 2.97. The van der Waals surface area contributed by atoms with Crippen LogP contribution in [0.3, 0.4) is 0 Å². The van der Waals surface area contributed by atoms with Crippen LogP contribution in [0.15, 0.2) is 72.5 Å². The molecule has 0 aromatic heterocycles. The van der Waals surface area contributed by atoms with E-state index in [1.165, 1.54) is 0 Å². The third-order valence-electron chi connectivity index (χ3n) is 4.05. The van der Waals surface area contributed by atoms with Gasteiger partial charge in [0.25, 0.3) is 0 Å². The van der Waals surface area contributed by atoms with Gasteiger partial charge in [0.15, 0.2) is 0 Å². The maximum absolute atomic E-state index is 13.0. The lowest BCUT2D eigenvalue weighted by Gasteiger charge is -2.34. The molecule has 2 rings (SSSR count). The highest BCUT2D eigenvalue weighted by Gasteiger charge is 2.31. The Hall–Kier alpha value is -2.77. The molecule has 1 unspecified atom stereocenters. The molecule has 3 heteroatoms. The molecular weight excluding hydrogens is 334 g/mol. The molecule has 27 heavy (non-hydrogen) atoms. The van der Waals surface area contributed by atoms with Gasteiger partial charge in [0.2, 0.25) is 0 Å². The summed E-state index contributed by atoms with van der Waals surface area (Å²) in [6.45, 7) is 10.1. The van der Waals surface area contributed by atoms with E-state index >= 15 is 0 Å². The monoisotopic (exact) mass is 363 g/mol. The first-order chi connectivity index (χ1) is 12.9. The topological polar surface area (TPSA) is 29.5 Å². The number of benzene rings is 2. The molecule has 0 aliphatic rings. The SMILES string of the molecule is CC=C=C(c1ccccc1)C(c1ccccc1)N(CC)C(=O)OC(C)(C)C. The minimum atomic E-state index is -0.553. The maximum atomic E-state index is 13.0. The minimum absolute atomic E-state index is 0.287. The van der Waals surface area contributed by atoms with E-state index in [4.69, 9.17) is 4.74 Å². The van der Waals surface area contributed by atoms with Gasteiger partial charge in [-0.05, 0) is 51.8 Å². The highest BCUT2D eigenvalue weighted by Crippen LogP contribution is 2.35. The Labute approximate surface area is 163 Å². The number of likely N-dealkylation sites (N-methyl/N-ethyl adjacent to an activating group) is 1. The van der Waals surface area contributed by atoms with E-state index in [1.54, 1.807) is 4.90 Å². The summed E-state index contributed by atoms with van der Waals surface area (Å²) in [5, 5.41) is 0. The summed E-state index contributed by atoms with van der Waals surface area (Å²) in [6.07, 6.45) is 1.56. The summed E-state index contributed by atoms with van der Waals surface area (Å²) in [7, 11) is 0. The predicted octanol–water partition coefficient (Wildman–Crippen LogP) is 6.24. The van der Waals surface area contributed by atoms with E-state index in [2.05, 4.69) is 5.73 Å². The molecule has 0 saturated heterocycles. The molecule has 142 valence electrons. The zero-order chi connectivity index (χ0) is 19.9. The van der Waals surface area contributed by atoms with Crippen LogP contribution in [0.2, 0.25) is 0 Å². The average molecular weight is 364 g/mol. The van der Waals surface area contributed by atoms with Gasteiger partial charge in [0.1, 0.15) is 5.60 Å². The molecule has 0 fully saturated rings. The van der Waals surface area contributed by atoms with Crippen LogP contribution in [0.1, 0.15) is 51.8 Å². The molecule has 0 radical (unpaired) electrons. The Morgan fingerprint density at radius 2 is 1.63 bits per heavy atom. The van der Waals surface area contributed by atoms with E-state index in [0.29, 0.717) is 6.54 Å². The van der Waals surface area contributed by atoms with Crippen molar-refractivity contribution >= 4 is 11.7 Å². The van der Waals surface area contributed by atoms with Gasteiger partial charge < -0.3 is 4.74 Å².